The number of hydrogen-bond donors (Lipinski definition) is 1. The van der Waals surface area contributed by atoms with Crippen molar-refractivity contribution in [1.29, 1.82) is 0 Å². The monoisotopic (exact) mass is 279 g/mol. The van der Waals surface area contributed by atoms with Crippen molar-refractivity contribution in [3.8, 4) is 5.75 Å². The molecule has 1 aromatic carbocycles. The van der Waals surface area contributed by atoms with Gasteiger partial charge in [-0.15, -0.1) is 0 Å². The highest BCUT2D eigenvalue weighted by Crippen LogP contribution is 2.24. The number of aromatic nitrogens is 1. The van der Waals surface area contributed by atoms with E-state index in [9.17, 15) is 14.0 Å². The molecule has 2 rings (SSSR count). The SMILES string of the molecule is Cn1c(=O)cc(OCCCC(=O)O)c2cc(F)ccc21. The zero-order chi connectivity index (χ0) is 14.7. The minimum absolute atomic E-state index is 0.0167. The van der Waals surface area contributed by atoms with Gasteiger partial charge in [0.15, 0.2) is 0 Å². The van der Waals surface area contributed by atoms with Gasteiger partial charge >= 0.3 is 5.97 Å². The lowest BCUT2D eigenvalue weighted by Crippen LogP contribution is -2.17. The number of halogens is 1. The number of aliphatic carboxylic acids is 1. The molecule has 0 bridgehead atoms. The van der Waals surface area contributed by atoms with Crippen molar-refractivity contribution in [1.82, 2.24) is 4.57 Å². The predicted octanol–water partition coefficient (Wildman–Crippen LogP) is 1.92. The van der Waals surface area contributed by atoms with Crippen molar-refractivity contribution in [2.45, 2.75) is 12.8 Å². The molecule has 1 heterocycles. The molecule has 0 saturated heterocycles. The molecule has 0 atom stereocenters. The largest absolute Gasteiger partial charge is 0.493 e. The number of carboxylic acid groups (broad SMARTS) is 1. The molecule has 1 aromatic heterocycles. The average Bonchev–Trinajstić information content (AvgIpc) is 2.39. The molecular formula is C14H14FNO4. The smallest absolute Gasteiger partial charge is 0.303 e. The minimum atomic E-state index is -0.909. The maximum atomic E-state index is 13.3. The summed E-state index contributed by atoms with van der Waals surface area (Å²) in [7, 11) is 1.59. The quantitative estimate of drug-likeness (QED) is 0.849. The summed E-state index contributed by atoms with van der Waals surface area (Å²) in [6, 6.07) is 5.36. The second-order valence-corrected chi connectivity index (χ2v) is 4.41. The second-order valence-electron chi connectivity index (χ2n) is 4.41. The first-order chi connectivity index (χ1) is 9.49. The number of nitrogens with zero attached hydrogens (tertiary/aromatic N) is 1. The summed E-state index contributed by atoms with van der Waals surface area (Å²) >= 11 is 0. The van der Waals surface area contributed by atoms with Crippen LogP contribution in [0.4, 0.5) is 4.39 Å². The van der Waals surface area contributed by atoms with Gasteiger partial charge in [-0.25, -0.2) is 4.39 Å². The van der Waals surface area contributed by atoms with Gasteiger partial charge in [-0.1, -0.05) is 0 Å². The molecule has 1 N–H and O–H groups in total. The van der Waals surface area contributed by atoms with Crippen molar-refractivity contribution in [2.75, 3.05) is 6.61 Å². The van der Waals surface area contributed by atoms with Gasteiger partial charge in [-0.05, 0) is 24.6 Å². The summed E-state index contributed by atoms with van der Waals surface area (Å²) in [6.07, 6.45) is 0.304. The van der Waals surface area contributed by atoms with E-state index < -0.39 is 11.8 Å². The molecule has 5 nitrogen and oxygen atoms in total. The third kappa shape index (κ3) is 2.96. The van der Waals surface area contributed by atoms with Crippen LogP contribution in [0.1, 0.15) is 12.8 Å². The van der Waals surface area contributed by atoms with Crippen LogP contribution < -0.4 is 10.3 Å². The normalized spacial score (nSPS) is 10.7. The lowest BCUT2D eigenvalue weighted by Gasteiger charge is -2.11. The summed E-state index contributed by atoms with van der Waals surface area (Å²) in [5.74, 6) is -1.06. The first-order valence-electron chi connectivity index (χ1n) is 6.13. The summed E-state index contributed by atoms with van der Waals surface area (Å²) < 4.78 is 20.1. The molecule has 0 aliphatic heterocycles. The van der Waals surface area contributed by atoms with Crippen molar-refractivity contribution in [3.63, 3.8) is 0 Å². The van der Waals surface area contributed by atoms with Crippen molar-refractivity contribution in [3.05, 3.63) is 40.4 Å². The van der Waals surface area contributed by atoms with Gasteiger partial charge in [0.1, 0.15) is 11.6 Å². The zero-order valence-electron chi connectivity index (χ0n) is 10.9. The fourth-order valence-corrected chi connectivity index (χ4v) is 1.93. The molecule has 0 radical (unpaired) electrons. The van der Waals surface area contributed by atoms with E-state index in [0.717, 1.165) is 0 Å². The van der Waals surface area contributed by atoms with Gasteiger partial charge in [0.25, 0.3) is 5.56 Å². The molecular weight excluding hydrogens is 265 g/mol. The number of fused-ring (bicyclic) bond motifs is 1. The third-order valence-corrected chi connectivity index (χ3v) is 2.96. The first kappa shape index (κ1) is 14.0. The molecule has 0 aliphatic carbocycles. The number of hydrogen-bond acceptors (Lipinski definition) is 3. The van der Waals surface area contributed by atoms with Gasteiger partial charge in [-0.3, -0.25) is 9.59 Å². The van der Waals surface area contributed by atoms with Gasteiger partial charge in [0.05, 0.1) is 12.1 Å². The molecule has 20 heavy (non-hydrogen) atoms. The Morgan fingerprint density at radius 2 is 2.15 bits per heavy atom. The van der Waals surface area contributed by atoms with E-state index in [-0.39, 0.29) is 24.3 Å². The highest BCUT2D eigenvalue weighted by molar-refractivity contribution is 5.85. The van der Waals surface area contributed by atoms with Crippen LogP contribution in [-0.4, -0.2) is 22.2 Å². The number of aryl methyl sites for hydroxylation is 1. The van der Waals surface area contributed by atoms with E-state index in [0.29, 0.717) is 17.3 Å². The third-order valence-electron chi connectivity index (χ3n) is 2.96. The molecule has 0 unspecified atom stereocenters. The zero-order valence-corrected chi connectivity index (χ0v) is 10.9. The van der Waals surface area contributed by atoms with Crippen LogP contribution in [0.3, 0.4) is 0 Å². The highest BCUT2D eigenvalue weighted by atomic mass is 19.1. The highest BCUT2D eigenvalue weighted by Gasteiger charge is 2.09. The van der Waals surface area contributed by atoms with Crippen molar-refractivity contribution < 1.29 is 19.0 Å². The molecule has 0 amide bonds. The van der Waals surface area contributed by atoms with Crippen LogP contribution in [0.2, 0.25) is 0 Å². The molecule has 0 fully saturated rings. The topological polar surface area (TPSA) is 68.5 Å². The molecule has 0 spiro atoms. The first-order valence-corrected chi connectivity index (χ1v) is 6.13. The number of ether oxygens (including phenoxy) is 1. The van der Waals surface area contributed by atoms with Crippen LogP contribution >= 0.6 is 0 Å². The number of pyridine rings is 1. The lowest BCUT2D eigenvalue weighted by atomic mass is 10.2. The number of benzene rings is 1. The number of carboxylic acids is 1. The van der Waals surface area contributed by atoms with Crippen LogP contribution in [0.15, 0.2) is 29.1 Å². The van der Waals surface area contributed by atoms with Crippen LogP contribution in [0.25, 0.3) is 10.9 Å². The van der Waals surface area contributed by atoms with Gasteiger partial charge in [-0.2, -0.15) is 0 Å². The maximum Gasteiger partial charge on any atom is 0.303 e. The Morgan fingerprint density at radius 3 is 2.85 bits per heavy atom. The molecule has 106 valence electrons. The Labute approximate surface area is 114 Å². The molecule has 6 heteroatoms. The Bertz CT molecular complexity index is 708. The summed E-state index contributed by atoms with van der Waals surface area (Å²) in [5.41, 5.74) is 0.296. The fraction of sp³-hybridized carbons (Fsp3) is 0.286. The van der Waals surface area contributed by atoms with E-state index in [1.807, 2.05) is 0 Å². The number of rotatable bonds is 5. The van der Waals surface area contributed by atoms with E-state index in [2.05, 4.69) is 0 Å². The lowest BCUT2D eigenvalue weighted by molar-refractivity contribution is -0.137. The molecule has 0 saturated carbocycles. The Morgan fingerprint density at radius 1 is 1.40 bits per heavy atom. The van der Waals surface area contributed by atoms with Crippen LogP contribution in [0.5, 0.6) is 5.75 Å². The Balaban J connectivity index is 2.32. The minimum Gasteiger partial charge on any atom is -0.493 e. The maximum absolute atomic E-state index is 13.3. The van der Waals surface area contributed by atoms with Crippen LogP contribution in [0, 0.1) is 5.82 Å². The second kappa shape index (κ2) is 5.73. The van der Waals surface area contributed by atoms with Crippen molar-refractivity contribution >= 4 is 16.9 Å². The standard InChI is InChI=1S/C14H14FNO4/c1-16-11-5-4-9(15)7-10(11)12(8-13(16)17)20-6-2-3-14(18)19/h4-5,7-8H,2-3,6H2,1H3,(H,18,19). The van der Waals surface area contributed by atoms with Crippen molar-refractivity contribution in [2.24, 2.45) is 7.05 Å². The van der Waals surface area contributed by atoms with E-state index in [4.69, 9.17) is 9.84 Å². The predicted molar refractivity (Wildman–Crippen MR) is 71.5 cm³/mol. The average molecular weight is 279 g/mol. The van der Waals surface area contributed by atoms with E-state index in [1.54, 1.807) is 7.05 Å². The Hall–Kier alpha value is -2.37. The number of carbonyl (C=O) groups is 1. The van der Waals surface area contributed by atoms with Gasteiger partial charge in [0.2, 0.25) is 0 Å². The van der Waals surface area contributed by atoms with Gasteiger partial charge in [0, 0.05) is 24.9 Å². The summed E-state index contributed by atoms with van der Waals surface area (Å²) in [4.78, 5) is 22.2. The summed E-state index contributed by atoms with van der Waals surface area (Å²) in [5, 5.41) is 9.03. The molecule has 0 aliphatic rings. The Kier molecular flexibility index (Phi) is 4.02. The summed E-state index contributed by atoms with van der Waals surface area (Å²) in [6.45, 7) is 0.158. The molecule has 2 aromatic rings. The van der Waals surface area contributed by atoms with Crippen LogP contribution in [-0.2, 0) is 11.8 Å². The fourth-order valence-electron chi connectivity index (χ4n) is 1.93. The van der Waals surface area contributed by atoms with E-state index >= 15 is 0 Å². The van der Waals surface area contributed by atoms with Gasteiger partial charge < -0.3 is 14.4 Å². The van der Waals surface area contributed by atoms with E-state index in [1.165, 1.54) is 28.8 Å².